The first-order valence-electron chi connectivity index (χ1n) is 6.55. The second kappa shape index (κ2) is 5.61. The van der Waals surface area contributed by atoms with Crippen LogP contribution in [0.5, 0.6) is 5.75 Å². The number of aryl methyl sites for hydroxylation is 1. The van der Waals surface area contributed by atoms with Crippen LogP contribution in [0.1, 0.15) is 15.9 Å². The fourth-order valence-electron chi connectivity index (χ4n) is 2.17. The highest BCUT2D eigenvalue weighted by Crippen LogP contribution is 2.30. The molecule has 0 saturated carbocycles. The maximum absolute atomic E-state index is 6.10. The summed E-state index contributed by atoms with van der Waals surface area (Å²) in [6, 6.07) is 14.1. The van der Waals surface area contributed by atoms with Gasteiger partial charge in [-0.1, -0.05) is 18.2 Å². The number of aromatic nitrogens is 1. The number of nitrogens with two attached hydrogens (primary N) is 1. The Morgan fingerprint density at radius 2 is 2.05 bits per heavy atom. The molecule has 1 unspecified atom stereocenters. The number of nitrogens with zero attached hydrogens (tertiary/aromatic N) is 1. The van der Waals surface area contributed by atoms with E-state index in [9.17, 15) is 0 Å². The molecule has 102 valence electrons. The third-order valence-electron chi connectivity index (χ3n) is 3.16. The zero-order valence-corrected chi connectivity index (χ0v) is 12.1. The molecule has 3 aromatic rings. The highest BCUT2D eigenvalue weighted by molar-refractivity contribution is 7.12. The molecule has 1 aromatic carbocycles. The topological polar surface area (TPSA) is 48.1 Å². The standard InChI is InChI=1S/C16H16N2OS/c1-11-7-8-15(20-11)14(10-17)19-13-6-2-4-12-5-3-9-18-16(12)13/h2-9,14H,10,17H2,1H3. The number of ether oxygens (including phenoxy) is 1. The van der Waals surface area contributed by atoms with E-state index in [1.807, 2.05) is 30.3 Å². The van der Waals surface area contributed by atoms with Crippen LogP contribution in [0.15, 0.2) is 48.7 Å². The van der Waals surface area contributed by atoms with E-state index in [0.717, 1.165) is 21.5 Å². The Labute approximate surface area is 122 Å². The first-order chi connectivity index (χ1) is 9.78. The van der Waals surface area contributed by atoms with Crippen molar-refractivity contribution in [3.05, 3.63) is 58.4 Å². The Morgan fingerprint density at radius 1 is 1.20 bits per heavy atom. The summed E-state index contributed by atoms with van der Waals surface area (Å²) in [7, 11) is 0. The van der Waals surface area contributed by atoms with Gasteiger partial charge in [0.15, 0.2) is 0 Å². The van der Waals surface area contributed by atoms with Gasteiger partial charge < -0.3 is 10.5 Å². The SMILES string of the molecule is Cc1ccc(C(CN)Oc2cccc3cccnc23)s1. The molecule has 2 aromatic heterocycles. The molecule has 0 bridgehead atoms. The monoisotopic (exact) mass is 284 g/mol. The van der Waals surface area contributed by atoms with Crippen LogP contribution in [0.3, 0.4) is 0 Å². The van der Waals surface area contributed by atoms with Crippen LogP contribution in [-0.4, -0.2) is 11.5 Å². The normalized spacial score (nSPS) is 12.5. The van der Waals surface area contributed by atoms with Gasteiger partial charge in [-0.3, -0.25) is 4.98 Å². The molecule has 3 rings (SSSR count). The minimum atomic E-state index is -0.124. The number of rotatable bonds is 4. The largest absolute Gasteiger partial charge is 0.481 e. The van der Waals surface area contributed by atoms with Gasteiger partial charge in [0.05, 0.1) is 0 Å². The number of pyridine rings is 1. The van der Waals surface area contributed by atoms with Crippen molar-refractivity contribution >= 4 is 22.2 Å². The van der Waals surface area contributed by atoms with Crippen LogP contribution in [0.25, 0.3) is 10.9 Å². The van der Waals surface area contributed by atoms with Crippen molar-refractivity contribution in [1.29, 1.82) is 0 Å². The first kappa shape index (κ1) is 13.1. The molecule has 0 spiro atoms. The van der Waals surface area contributed by atoms with Crippen LogP contribution in [0.4, 0.5) is 0 Å². The molecular weight excluding hydrogens is 268 g/mol. The van der Waals surface area contributed by atoms with E-state index in [4.69, 9.17) is 10.5 Å². The van der Waals surface area contributed by atoms with Crippen LogP contribution >= 0.6 is 11.3 Å². The van der Waals surface area contributed by atoms with E-state index in [1.165, 1.54) is 4.88 Å². The van der Waals surface area contributed by atoms with Crippen molar-refractivity contribution in [3.8, 4) is 5.75 Å². The molecule has 0 saturated heterocycles. The Kier molecular flexibility index (Phi) is 3.67. The van der Waals surface area contributed by atoms with Gasteiger partial charge in [0.25, 0.3) is 0 Å². The lowest BCUT2D eigenvalue weighted by Crippen LogP contribution is -2.17. The number of para-hydroxylation sites is 1. The van der Waals surface area contributed by atoms with E-state index in [1.54, 1.807) is 17.5 Å². The summed E-state index contributed by atoms with van der Waals surface area (Å²) in [4.78, 5) is 6.82. The summed E-state index contributed by atoms with van der Waals surface area (Å²) in [6.45, 7) is 2.53. The van der Waals surface area contributed by atoms with Crippen LogP contribution < -0.4 is 10.5 Å². The number of benzene rings is 1. The second-order valence-corrected chi connectivity index (χ2v) is 5.94. The fourth-order valence-corrected chi connectivity index (χ4v) is 3.09. The van der Waals surface area contributed by atoms with Crippen molar-refractivity contribution in [2.24, 2.45) is 5.73 Å². The molecule has 3 nitrogen and oxygen atoms in total. The zero-order chi connectivity index (χ0) is 13.9. The molecule has 0 aliphatic rings. The molecule has 0 fully saturated rings. The minimum Gasteiger partial charge on any atom is -0.481 e. The predicted molar refractivity (Wildman–Crippen MR) is 83.2 cm³/mol. The van der Waals surface area contributed by atoms with E-state index in [0.29, 0.717) is 6.54 Å². The lowest BCUT2D eigenvalue weighted by atomic mass is 10.2. The number of hydrogen-bond donors (Lipinski definition) is 1. The highest BCUT2D eigenvalue weighted by atomic mass is 32.1. The lowest BCUT2D eigenvalue weighted by molar-refractivity contribution is 0.220. The Hall–Kier alpha value is -1.91. The van der Waals surface area contributed by atoms with Gasteiger partial charge in [-0.15, -0.1) is 11.3 Å². The summed E-state index contributed by atoms with van der Waals surface area (Å²) in [5, 5.41) is 1.07. The smallest absolute Gasteiger partial charge is 0.146 e. The van der Waals surface area contributed by atoms with Crippen molar-refractivity contribution < 1.29 is 4.74 Å². The highest BCUT2D eigenvalue weighted by Gasteiger charge is 2.15. The average molecular weight is 284 g/mol. The quantitative estimate of drug-likeness (QED) is 0.795. The third kappa shape index (κ3) is 2.53. The molecule has 0 radical (unpaired) electrons. The van der Waals surface area contributed by atoms with Gasteiger partial charge in [-0.05, 0) is 31.2 Å². The molecular formula is C16H16N2OS. The molecule has 2 heterocycles. The van der Waals surface area contributed by atoms with Crippen LogP contribution in [0, 0.1) is 6.92 Å². The Balaban J connectivity index is 1.95. The second-order valence-electron chi connectivity index (χ2n) is 4.62. The van der Waals surface area contributed by atoms with Gasteiger partial charge in [-0.2, -0.15) is 0 Å². The summed E-state index contributed by atoms with van der Waals surface area (Å²) in [5.41, 5.74) is 6.74. The van der Waals surface area contributed by atoms with Gasteiger partial charge >= 0.3 is 0 Å². The summed E-state index contributed by atoms with van der Waals surface area (Å²) in [6.07, 6.45) is 1.66. The van der Waals surface area contributed by atoms with Crippen molar-refractivity contribution in [3.63, 3.8) is 0 Å². The van der Waals surface area contributed by atoms with E-state index in [2.05, 4.69) is 24.0 Å². The molecule has 4 heteroatoms. The van der Waals surface area contributed by atoms with Gasteiger partial charge in [-0.25, -0.2) is 0 Å². The van der Waals surface area contributed by atoms with Gasteiger partial charge in [0.2, 0.25) is 0 Å². The summed E-state index contributed by atoms with van der Waals surface area (Å²) < 4.78 is 6.10. The number of fused-ring (bicyclic) bond motifs is 1. The molecule has 0 aliphatic carbocycles. The van der Waals surface area contributed by atoms with Crippen molar-refractivity contribution in [1.82, 2.24) is 4.98 Å². The summed E-state index contributed by atoms with van der Waals surface area (Å²) >= 11 is 1.72. The Bertz CT molecular complexity index is 718. The predicted octanol–water partition coefficient (Wildman–Crippen LogP) is 3.68. The lowest BCUT2D eigenvalue weighted by Gasteiger charge is -2.17. The molecule has 20 heavy (non-hydrogen) atoms. The number of thiophene rings is 1. The molecule has 0 amide bonds. The maximum atomic E-state index is 6.10. The van der Waals surface area contributed by atoms with E-state index >= 15 is 0 Å². The number of hydrogen-bond acceptors (Lipinski definition) is 4. The Morgan fingerprint density at radius 3 is 2.80 bits per heavy atom. The third-order valence-corrected chi connectivity index (χ3v) is 4.25. The molecule has 1 atom stereocenters. The minimum absolute atomic E-state index is 0.124. The van der Waals surface area contributed by atoms with Crippen molar-refractivity contribution in [2.45, 2.75) is 13.0 Å². The zero-order valence-electron chi connectivity index (χ0n) is 11.2. The first-order valence-corrected chi connectivity index (χ1v) is 7.36. The van der Waals surface area contributed by atoms with Crippen LogP contribution in [-0.2, 0) is 0 Å². The molecule has 2 N–H and O–H groups in total. The fraction of sp³-hybridized carbons (Fsp3) is 0.188. The average Bonchev–Trinajstić information content (AvgIpc) is 2.91. The van der Waals surface area contributed by atoms with Gasteiger partial charge in [0.1, 0.15) is 17.4 Å². The van der Waals surface area contributed by atoms with E-state index in [-0.39, 0.29) is 6.10 Å². The van der Waals surface area contributed by atoms with E-state index < -0.39 is 0 Å². The summed E-state index contributed by atoms with van der Waals surface area (Å²) in [5.74, 6) is 0.782. The van der Waals surface area contributed by atoms with Gasteiger partial charge in [0, 0.05) is 27.9 Å². The van der Waals surface area contributed by atoms with Crippen LogP contribution in [0.2, 0.25) is 0 Å². The molecule has 0 aliphatic heterocycles. The van der Waals surface area contributed by atoms with Crippen molar-refractivity contribution in [2.75, 3.05) is 6.54 Å². The maximum Gasteiger partial charge on any atom is 0.146 e.